The Morgan fingerprint density at radius 1 is 0.920 bits per heavy atom. The van der Waals surface area contributed by atoms with Crippen LogP contribution in [0.15, 0.2) is 42.5 Å². The molecule has 25 heavy (non-hydrogen) atoms. The van der Waals surface area contributed by atoms with E-state index in [-0.39, 0.29) is 0 Å². The summed E-state index contributed by atoms with van der Waals surface area (Å²) in [5, 5.41) is 1.37. The molecule has 1 aliphatic rings. The van der Waals surface area contributed by atoms with Crippen molar-refractivity contribution in [1.82, 2.24) is 14.5 Å². The minimum atomic E-state index is 0.610. The third-order valence-corrected chi connectivity index (χ3v) is 5.29. The predicted molar refractivity (Wildman–Crippen MR) is 101 cm³/mol. The van der Waals surface area contributed by atoms with E-state index in [0.29, 0.717) is 16.6 Å². The summed E-state index contributed by atoms with van der Waals surface area (Å²) >= 11 is 12.8. The monoisotopic (exact) mass is 375 g/mol. The third kappa shape index (κ3) is 3.53. The molecule has 0 radical (unpaired) electrons. The second kappa shape index (κ2) is 7.34. The van der Waals surface area contributed by atoms with Gasteiger partial charge in [-0.1, -0.05) is 41.4 Å². The van der Waals surface area contributed by atoms with E-state index in [9.17, 15) is 0 Å². The molecule has 0 bridgehead atoms. The Morgan fingerprint density at radius 2 is 1.64 bits per heavy atom. The molecule has 0 unspecified atom stereocenters. The summed E-state index contributed by atoms with van der Waals surface area (Å²) in [5.41, 5.74) is 3.02. The Kier molecular flexibility index (Phi) is 4.95. The Labute approximate surface area is 156 Å². The van der Waals surface area contributed by atoms with Crippen LogP contribution in [0, 0.1) is 0 Å². The zero-order valence-corrected chi connectivity index (χ0v) is 15.3. The van der Waals surface area contributed by atoms with Gasteiger partial charge in [-0.3, -0.25) is 4.90 Å². The highest BCUT2D eigenvalue weighted by atomic mass is 35.5. The van der Waals surface area contributed by atoms with E-state index in [2.05, 4.69) is 15.5 Å². The van der Waals surface area contributed by atoms with Crippen molar-refractivity contribution in [2.75, 3.05) is 26.3 Å². The quantitative estimate of drug-likeness (QED) is 0.683. The summed E-state index contributed by atoms with van der Waals surface area (Å²) in [6.07, 6.45) is 0. The van der Waals surface area contributed by atoms with Crippen molar-refractivity contribution in [1.29, 1.82) is 0 Å². The molecule has 1 aliphatic heterocycles. The first-order valence-corrected chi connectivity index (χ1v) is 9.15. The van der Waals surface area contributed by atoms with Gasteiger partial charge >= 0.3 is 0 Å². The number of fused-ring (bicyclic) bond motifs is 1. The van der Waals surface area contributed by atoms with Crippen LogP contribution in [-0.2, 0) is 17.8 Å². The van der Waals surface area contributed by atoms with Crippen molar-refractivity contribution < 1.29 is 4.74 Å². The van der Waals surface area contributed by atoms with Gasteiger partial charge in [0.25, 0.3) is 0 Å². The van der Waals surface area contributed by atoms with Crippen LogP contribution in [0.5, 0.6) is 0 Å². The zero-order valence-electron chi connectivity index (χ0n) is 13.8. The second-order valence-electron chi connectivity index (χ2n) is 6.19. The average molecular weight is 376 g/mol. The first-order valence-electron chi connectivity index (χ1n) is 8.39. The first kappa shape index (κ1) is 16.9. The van der Waals surface area contributed by atoms with Crippen LogP contribution in [0.1, 0.15) is 11.4 Å². The van der Waals surface area contributed by atoms with E-state index in [1.807, 2.05) is 36.4 Å². The topological polar surface area (TPSA) is 30.3 Å². The third-order valence-electron chi connectivity index (χ3n) is 4.58. The van der Waals surface area contributed by atoms with Gasteiger partial charge in [-0.25, -0.2) is 4.98 Å². The minimum Gasteiger partial charge on any atom is -0.379 e. The molecular weight excluding hydrogens is 357 g/mol. The lowest BCUT2D eigenvalue weighted by Gasteiger charge is -2.26. The summed E-state index contributed by atoms with van der Waals surface area (Å²) < 4.78 is 7.67. The van der Waals surface area contributed by atoms with Crippen LogP contribution in [0.3, 0.4) is 0 Å². The Morgan fingerprint density at radius 3 is 2.40 bits per heavy atom. The van der Waals surface area contributed by atoms with Crippen molar-refractivity contribution in [2.45, 2.75) is 13.1 Å². The van der Waals surface area contributed by atoms with Gasteiger partial charge in [-0.15, -0.1) is 0 Å². The van der Waals surface area contributed by atoms with Gasteiger partial charge in [0.15, 0.2) is 0 Å². The van der Waals surface area contributed by atoms with E-state index in [1.165, 1.54) is 0 Å². The molecule has 1 saturated heterocycles. The van der Waals surface area contributed by atoms with Crippen molar-refractivity contribution in [2.24, 2.45) is 0 Å². The van der Waals surface area contributed by atoms with Crippen LogP contribution in [0.4, 0.5) is 0 Å². The number of rotatable bonds is 4. The molecule has 1 aromatic heterocycles. The summed E-state index contributed by atoms with van der Waals surface area (Å²) in [5.74, 6) is 1.03. The number of morpholine rings is 1. The van der Waals surface area contributed by atoms with Gasteiger partial charge in [-0.05, 0) is 24.3 Å². The number of aromatic nitrogens is 2. The van der Waals surface area contributed by atoms with Gasteiger partial charge in [0, 0.05) is 28.7 Å². The standard InChI is InChI=1S/C19H19Cl2N3O/c20-15-4-3-5-16(21)14(15)12-24-18-7-2-1-6-17(18)22-19(24)13-23-8-10-25-11-9-23/h1-7H,8-13H2. The average Bonchev–Trinajstić information content (AvgIpc) is 2.96. The number of hydrogen-bond acceptors (Lipinski definition) is 3. The fourth-order valence-electron chi connectivity index (χ4n) is 3.22. The normalized spacial score (nSPS) is 15.8. The number of para-hydroxylation sites is 2. The molecule has 3 aromatic rings. The number of imidazole rings is 1. The van der Waals surface area contributed by atoms with Gasteiger partial charge < -0.3 is 9.30 Å². The number of nitrogens with zero attached hydrogens (tertiary/aromatic N) is 3. The number of hydrogen-bond donors (Lipinski definition) is 0. The molecule has 0 aliphatic carbocycles. The molecule has 6 heteroatoms. The SMILES string of the molecule is Clc1cccc(Cl)c1Cn1c(CN2CCOCC2)nc2ccccc21. The second-order valence-corrected chi connectivity index (χ2v) is 7.01. The fourth-order valence-corrected chi connectivity index (χ4v) is 3.74. The molecule has 130 valence electrons. The molecule has 0 saturated carbocycles. The largest absolute Gasteiger partial charge is 0.379 e. The predicted octanol–water partition coefficient (Wildman–Crippen LogP) is 4.22. The zero-order chi connectivity index (χ0) is 17.2. The van der Waals surface area contributed by atoms with Crippen LogP contribution >= 0.6 is 23.2 Å². The van der Waals surface area contributed by atoms with E-state index in [4.69, 9.17) is 32.9 Å². The van der Waals surface area contributed by atoms with Crippen LogP contribution < -0.4 is 0 Å². The highest BCUT2D eigenvalue weighted by molar-refractivity contribution is 6.36. The van der Waals surface area contributed by atoms with E-state index < -0.39 is 0 Å². The van der Waals surface area contributed by atoms with Crippen LogP contribution in [0.2, 0.25) is 10.0 Å². The maximum atomic E-state index is 6.40. The number of halogens is 2. The molecule has 0 N–H and O–H groups in total. The molecule has 4 nitrogen and oxygen atoms in total. The lowest BCUT2D eigenvalue weighted by molar-refractivity contribution is 0.0327. The number of ether oxygens (including phenoxy) is 1. The van der Waals surface area contributed by atoms with Gasteiger partial charge in [0.05, 0.1) is 37.3 Å². The van der Waals surface area contributed by atoms with Crippen molar-refractivity contribution in [3.05, 3.63) is 63.9 Å². The van der Waals surface area contributed by atoms with Crippen LogP contribution in [-0.4, -0.2) is 40.8 Å². The molecule has 0 spiro atoms. The van der Waals surface area contributed by atoms with Gasteiger partial charge in [0.1, 0.15) is 5.82 Å². The summed E-state index contributed by atoms with van der Waals surface area (Å²) in [6.45, 7) is 4.80. The summed E-state index contributed by atoms with van der Waals surface area (Å²) in [7, 11) is 0. The molecule has 2 heterocycles. The van der Waals surface area contributed by atoms with Crippen LogP contribution in [0.25, 0.3) is 11.0 Å². The maximum Gasteiger partial charge on any atom is 0.124 e. The van der Waals surface area contributed by atoms with E-state index in [0.717, 1.165) is 55.3 Å². The highest BCUT2D eigenvalue weighted by Gasteiger charge is 2.18. The molecule has 0 atom stereocenters. The Bertz CT molecular complexity index is 867. The summed E-state index contributed by atoms with van der Waals surface area (Å²) in [4.78, 5) is 7.23. The Hall–Kier alpha value is -1.59. The maximum absolute atomic E-state index is 6.40. The van der Waals surface area contributed by atoms with Crippen molar-refractivity contribution >= 4 is 34.2 Å². The summed E-state index contributed by atoms with van der Waals surface area (Å²) in [6, 6.07) is 13.8. The molecule has 0 amide bonds. The van der Waals surface area contributed by atoms with Crippen molar-refractivity contribution in [3.8, 4) is 0 Å². The molecular formula is C19H19Cl2N3O. The first-order chi connectivity index (χ1) is 12.2. The molecule has 2 aromatic carbocycles. The lowest BCUT2D eigenvalue weighted by atomic mass is 10.2. The van der Waals surface area contributed by atoms with Gasteiger partial charge in [-0.2, -0.15) is 0 Å². The van der Waals surface area contributed by atoms with E-state index in [1.54, 1.807) is 0 Å². The lowest BCUT2D eigenvalue weighted by Crippen LogP contribution is -2.36. The van der Waals surface area contributed by atoms with Crippen molar-refractivity contribution in [3.63, 3.8) is 0 Å². The van der Waals surface area contributed by atoms with Gasteiger partial charge in [0.2, 0.25) is 0 Å². The fraction of sp³-hybridized carbons (Fsp3) is 0.316. The Balaban J connectivity index is 1.74. The smallest absolute Gasteiger partial charge is 0.124 e. The minimum absolute atomic E-state index is 0.610. The molecule has 1 fully saturated rings. The molecule has 4 rings (SSSR count). The van der Waals surface area contributed by atoms with E-state index >= 15 is 0 Å². The highest BCUT2D eigenvalue weighted by Crippen LogP contribution is 2.28. The number of benzene rings is 2.